The second-order valence-electron chi connectivity index (χ2n) is 4.57. The molecule has 0 fully saturated rings. The molecule has 0 aliphatic rings. The van der Waals surface area contributed by atoms with Crippen LogP contribution in [-0.2, 0) is 10.0 Å². The van der Waals surface area contributed by atoms with Gasteiger partial charge in [-0.05, 0) is 52.9 Å². The molecule has 0 atom stereocenters. The number of sulfonamides is 1. The molecule has 3 rings (SSSR count). The van der Waals surface area contributed by atoms with Crippen molar-refractivity contribution < 1.29 is 12.8 Å². The first-order valence-electron chi connectivity index (χ1n) is 6.29. The van der Waals surface area contributed by atoms with E-state index in [1.807, 2.05) is 22.6 Å². The van der Waals surface area contributed by atoms with Gasteiger partial charge in [0.15, 0.2) is 0 Å². The first-order chi connectivity index (χ1) is 10.5. The van der Waals surface area contributed by atoms with E-state index in [4.69, 9.17) is 0 Å². The van der Waals surface area contributed by atoms with Gasteiger partial charge in [0.1, 0.15) is 11.3 Å². The van der Waals surface area contributed by atoms with Crippen molar-refractivity contribution in [3.8, 4) is 0 Å². The van der Waals surface area contributed by atoms with Gasteiger partial charge < -0.3 is 0 Å². The molecule has 0 aliphatic carbocycles. The van der Waals surface area contributed by atoms with Crippen molar-refractivity contribution in [1.82, 2.24) is 4.98 Å². The maximum Gasteiger partial charge on any atom is 0.262 e. The SMILES string of the molecule is O=S(=O)(Nc1ccccc1)c1ccc(F)c2ncc(I)cc12. The molecule has 7 heteroatoms. The Kier molecular flexibility index (Phi) is 4.00. The maximum atomic E-state index is 13.8. The molecule has 1 N–H and O–H groups in total. The molecule has 3 aromatic rings. The molecule has 4 nitrogen and oxygen atoms in total. The van der Waals surface area contributed by atoms with E-state index in [-0.39, 0.29) is 15.8 Å². The predicted molar refractivity (Wildman–Crippen MR) is 91.7 cm³/mol. The van der Waals surface area contributed by atoms with Crippen molar-refractivity contribution in [2.75, 3.05) is 4.72 Å². The van der Waals surface area contributed by atoms with Crippen LogP contribution in [-0.4, -0.2) is 13.4 Å². The summed E-state index contributed by atoms with van der Waals surface area (Å²) in [6.07, 6.45) is 1.49. The lowest BCUT2D eigenvalue weighted by atomic mass is 10.2. The number of halogens is 2. The lowest BCUT2D eigenvalue weighted by Crippen LogP contribution is -2.13. The first kappa shape index (κ1) is 15.2. The van der Waals surface area contributed by atoms with E-state index in [2.05, 4.69) is 9.71 Å². The third kappa shape index (κ3) is 2.91. The summed E-state index contributed by atoms with van der Waals surface area (Å²) in [7, 11) is -3.83. The van der Waals surface area contributed by atoms with Crippen molar-refractivity contribution >= 4 is 49.2 Å². The van der Waals surface area contributed by atoms with Gasteiger partial charge in [0, 0.05) is 20.8 Å². The lowest BCUT2D eigenvalue weighted by molar-refractivity contribution is 0.601. The van der Waals surface area contributed by atoms with Gasteiger partial charge in [0.2, 0.25) is 0 Å². The number of nitrogens with zero attached hydrogens (tertiary/aromatic N) is 1. The molecule has 0 amide bonds. The number of benzene rings is 2. The highest BCUT2D eigenvalue weighted by Gasteiger charge is 2.20. The monoisotopic (exact) mass is 428 g/mol. The molecule has 0 bridgehead atoms. The fourth-order valence-electron chi connectivity index (χ4n) is 2.09. The Labute approximate surface area is 140 Å². The van der Waals surface area contributed by atoms with E-state index < -0.39 is 15.8 Å². The largest absolute Gasteiger partial charge is 0.280 e. The van der Waals surface area contributed by atoms with E-state index in [1.165, 1.54) is 12.3 Å². The van der Waals surface area contributed by atoms with E-state index in [9.17, 15) is 12.8 Å². The average molecular weight is 428 g/mol. The lowest BCUT2D eigenvalue weighted by Gasteiger charge is -2.11. The quantitative estimate of drug-likeness (QED) is 0.647. The Hall–Kier alpha value is -1.74. The van der Waals surface area contributed by atoms with Gasteiger partial charge in [0.25, 0.3) is 10.0 Å². The Morgan fingerprint density at radius 3 is 2.55 bits per heavy atom. The van der Waals surface area contributed by atoms with Gasteiger partial charge in [-0.1, -0.05) is 18.2 Å². The summed E-state index contributed by atoms with van der Waals surface area (Å²) in [6.45, 7) is 0. The normalized spacial score (nSPS) is 11.5. The third-order valence-corrected chi connectivity index (χ3v) is 5.07. The van der Waals surface area contributed by atoms with E-state index in [0.29, 0.717) is 5.69 Å². The van der Waals surface area contributed by atoms with Crippen LogP contribution < -0.4 is 4.72 Å². The van der Waals surface area contributed by atoms with Gasteiger partial charge in [-0.2, -0.15) is 0 Å². The molecule has 0 spiro atoms. The number of hydrogen-bond donors (Lipinski definition) is 1. The topological polar surface area (TPSA) is 59.1 Å². The second kappa shape index (κ2) is 5.81. The average Bonchev–Trinajstić information content (AvgIpc) is 2.47. The molecule has 0 saturated heterocycles. The fourth-order valence-corrected chi connectivity index (χ4v) is 3.78. The minimum absolute atomic E-state index is 0.00114. The van der Waals surface area contributed by atoms with Crippen LogP contribution in [0.15, 0.2) is 59.6 Å². The van der Waals surface area contributed by atoms with Crippen LogP contribution in [0, 0.1) is 9.39 Å². The number of aromatic nitrogens is 1. The summed E-state index contributed by atoms with van der Waals surface area (Å²) in [4.78, 5) is 3.99. The molecule has 22 heavy (non-hydrogen) atoms. The molecule has 1 aromatic heterocycles. The Balaban J connectivity index is 2.17. The van der Waals surface area contributed by atoms with Crippen LogP contribution in [0.4, 0.5) is 10.1 Å². The van der Waals surface area contributed by atoms with Gasteiger partial charge in [0.05, 0.1) is 4.90 Å². The molecular weight excluding hydrogens is 418 g/mol. The minimum Gasteiger partial charge on any atom is -0.280 e. The van der Waals surface area contributed by atoms with Crippen molar-refractivity contribution in [2.24, 2.45) is 0 Å². The highest BCUT2D eigenvalue weighted by atomic mass is 127. The summed E-state index contributed by atoms with van der Waals surface area (Å²) in [5, 5.41) is 0.260. The molecule has 0 saturated carbocycles. The Morgan fingerprint density at radius 1 is 1.09 bits per heavy atom. The van der Waals surface area contributed by atoms with Gasteiger partial charge in [-0.15, -0.1) is 0 Å². The fraction of sp³-hybridized carbons (Fsp3) is 0. The van der Waals surface area contributed by atoms with Crippen LogP contribution >= 0.6 is 22.6 Å². The zero-order valence-electron chi connectivity index (χ0n) is 11.1. The minimum atomic E-state index is -3.83. The molecular formula is C15H10FIN2O2S. The number of fused-ring (bicyclic) bond motifs is 1. The number of anilines is 1. The highest BCUT2D eigenvalue weighted by molar-refractivity contribution is 14.1. The molecule has 0 radical (unpaired) electrons. The molecule has 112 valence electrons. The smallest absolute Gasteiger partial charge is 0.262 e. The van der Waals surface area contributed by atoms with Gasteiger partial charge >= 0.3 is 0 Å². The van der Waals surface area contributed by atoms with Crippen LogP contribution in [0.2, 0.25) is 0 Å². The van der Waals surface area contributed by atoms with Crippen molar-refractivity contribution in [1.29, 1.82) is 0 Å². The second-order valence-corrected chi connectivity index (χ2v) is 7.46. The van der Waals surface area contributed by atoms with E-state index >= 15 is 0 Å². The predicted octanol–water partition coefficient (Wildman–Crippen LogP) is 3.78. The number of hydrogen-bond acceptors (Lipinski definition) is 3. The number of rotatable bonds is 3. The van der Waals surface area contributed by atoms with E-state index in [0.717, 1.165) is 9.64 Å². The highest BCUT2D eigenvalue weighted by Crippen LogP contribution is 2.27. The summed E-state index contributed by atoms with van der Waals surface area (Å²) in [5.41, 5.74) is 0.481. The zero-order chi connectivity index (χ0) is 15.7. The Morgan fingerprint density at radius 2 is 1.82 bits per heavy atom. The first-order valence-corrected chi connectivity index (χ1v) is 8.85. The number of para-hydroxylation sites is 1. The molecule has 1 heterocycles. The third-order valence-electron chi connectivity index (χ3n) is 3.04. The van der Waals surface area contributed by atoms with Gasteiger partial charge in [-0.3, -0.25) is 9.71 Å². The summed E-state index contributed by atoms with van der Waals surface area (Å²) in [6, 6.07) is 12.5. The zero-order valence-corrected chi connectivity index (χ0v) is 14.1. The maximum absolute atomic E-state index is 13.8. The van der Waals surface area contributed by atoms with Crippen LogP contribution in [0.25, 0.3) is 10.9 Å². The number of nitrogens with one attached hydrogen (secondary N) is 1. The summed E-state index contributed by atoms with van der Waals surface area (Å²) in [5.74, 6) is -0.551. The summed E-state index contributed by atoms with van der Waals surface area (Å²) < 4.78 is 42.2. The van der Waals surface area contributed by atoms with Crippen LogP contribution in [0.5, 0.6) is 0 Å². The van der Waals surface area contributed by atoms with Crippen molar-refractivity contribution in [3.63, 3.8) is 0 Å². The van der Waals surface area contributed by atoms with Crippen LogP contribution in [0.1, 0.15) is 0 Å². The molecule has 0 unspecified atom stereocenters. The number of pyridine rings is 1. The molecule has 2 aromatic carbocycles. The summed E-state index contributed by atoms with van der Waals surface area (Å²) >= 11 is 2.01. The van der Waals surface area contributed by atoms with Gasteiger partial charge in [-0.25, -0.2) is 12.8 Å². The van der Waals surface area contributed by atoms with Crippen molar-refractivity contribution in [2.45, 2.75) is 4.90 Å². The van der Waals surface area contributed by atoms with Crippen molar-refractivity contribution in [3.05, 3.63) is 64.1 Å². The molecule has 0 aliphatic heterocycles. The van der Waals surface area contributed by atoms with E-state index in [1.54, 1.807) is 36.4 Å². The standard InChI is InChI=1S/C15H10FIN2O2S/c16-13-6-7-14(12-8-10(17)9-18-15(12)13)22(20,21)19-11-4-2-1-3-5-11/h1-9,19H. The Bertz CT molecular complexity index is 946. The van der Waals surface area contributed by atoms with Crippen LogP contribution in [0.3, 0.4) is 0 Å².